The molecule has 1 aromatic rings. The fourth-order valence-electron chi connectivity index (χ4n) is 3.32. The Balaban J connectivity index is 0. The summed E-state index contributed by atoms with van der Waals surface area (Å²) in [6, 6.07) is 8.40. The maximum absolute atomic E-state index is 10.4. The molecule has 27 heavy (non-hydrogen) atoms. The number of nitrogens with one attached hydrogen (secondary N) is 1. The second kappa shape index (κ2) is 15.6. The molecule has 1 aliphatic heterocycles. The molecule has 0 aliphatic carbocycles. The summed E-state index contributed by atoms with van der Waals surface area (Å²) in [4.78, 5) is 4.73. The number of rotatable bonds is 9. The molecule has 2 rings (SSSR count). The first-order valence-electron chi connectivity index (χ1n) is 9.15. The molecule has 8 heteroatoms. The number of hydrogen-bond acceptors (Lipinski definition) is 5. The first kappa shape index (κ1) is 28.9. The van der Waals surface area contributed by atoms with Gasteiger partial charge in [0, 0.05) is 38.8 Å². The van der Waals surface area contributed by atoms with Crippen molar-refractivity contribution in [3.05, 3.63) is 29.8 Å². The highest BCUT2D eigenvalue weighted by Gasteiger charge is 2.27. The van der Waals surface area contributed by atoms with E-state index in [9.17, 15) is 5.11 Å². The zero-order valence-electron chi connectivity index (χ0n) is 16.6. The van der Waals surface area contributed by atoms with Crippen LogP contribution in [0.4, 0.5) is 0 Å². The summed E-state index contributed by atoms with van der Waals surface area (Å²) in [6.07, 6.45) is 0.698. The molecule has 0 spiro atoms. The number of likely N-dealkylation sites (N-methyl/N-ethyl adjacent to an activating group) is 1. The van der Waals surface area contributed by atoms with Crippen molar-refractivity contribution < 1.29 is 9.84 Å². The van der Waals surface area contributed by atoms with Crippen LogP contribution >= 0.6 is 37.2 Å². The first-order valence-corrected chi connectivity index (χ1v) is 9.15. The number of hydrogen-bond donors (Lipinski definition) is 2. The number of likely N-dealkylation sites (tertiary alicyclic amines) is 1. The minimum absolute atomic E-state index is 0. The van der Waals surface area contributed by atoms with Crippen LogP contribution in [0.3, 0.4) is 0 Å². The van der Waals surface area contributed by atoms with Gasteiger partial charge in [-0.2, -0.15) is 0 Å². The van der Waals surface area contributed by atoms with E-state index in [0.717, 1.165) is 58.0 Å². The number of aliphatic hydroxyl groups excluding tert-OH is 1. The van der Waals surface area contributed by atoms with E-state index in [1.807, 2.05) is 12.1 Å². The lowest BCUT2D eigenvalue weighted by molar-refractivity contribution is 0.0364. The maximum atomic E-state index is 10.4. The van der Waals surface area contributed by atoms with Gasteiger partial charge in [-0.1, -0.05) is 26.0 Å². The summed E-state index contributed by atoms with van der Waals surface area (Å²) in [6.45, 7) is 11.2. The Morgan fingerprint density at radius 1 is 1.15 bits per heavy atom. The number of piperidine rings is 1. The van der Waals surface area contributed by atoms with E-state index >= 15 is 0 Å². The predicted octanol–water partition coefficient (Wildman–Crippen LogP) is 2.83. The second-order valence-corrected chi connectivity index (χ2v) is 6.53. The topological polar surface area (TPSA) is 48.0 Å². The zero-order chi connectivity index (χ0) is 17.4. The fourth-order valence-corrected chi connectivity index (χ4v) is 3.32. The van der Waals surface area contributed by atoms with Gasteiger partial charge in [0.1, 0.15) is 5.75 Å². The van der Waals surface area contributed by atoms with Crippen LogP contribution in [0, 0.1) is 0 Å². The standard InChI is InChI=1S/C19H33N3O2.3ClH/c1-4-21(5-2)13-11-20-18-10-12-22(15-19(18)23)14-16-6-8-17(24-3)9-7-16;;;/h6-9,18-20,23H,4-5,10-15H2,1-3H3;3*1H/t18-,19-;;;/m1.../s1. The molecule has 1 heterocycles. The molecule has 1 fully saturated rings. The molecular weight excluding hydrogens is 409 g/mol. The van der Waals surface area contributed by atoms with Crippen LogP contribution in [-0.4, -0.2) is 73.4 Å². The van der Waals surface area contributed by atoms with Crippen molar-refractivity contribution in [1.82, 2.24) is 15.1 Å². The number of halogens is 3. The Bertz CT molecular complexity index is 476. The van der Waals surface area contributed by atoms with Gasteiger partial charge in [0.2, 0.25) is 0 Å². The summed E-state index contributed by atoms with van der Waals surface area (Å²) in [5.74, 6) is 0.884. The van der Waals surface area contributed by atoms with Crippen LogP contribution in [0.1, 0.15) is 25.8 Å². The highest BCUT2D eigenvalue weighted by molar-refractivity contribution is 5.86. The van der Waals surface area contributed by atoms with Gasteiger partial charge < -0.3 is 20.1 Å². The molecule has 2 N–H and O–H groups in total. The van der Waals surface area contributed by atoms with Gasteiger partial charge in [0.25, 0.3) is 0 Å². The lowest BCUT2D eigenvalue weighted by Gasteiger charge is -2.36. The number of nitrogens with zero attached hydrogens (tertiary/aromatic N) is 2. The van der Waals surface area contributed by atoms with E-state index in [4.69, 9.17) is 4.74 Å². The van der Waals surface area contributed by atoms with Gasteiger partial charge in [-0.3, -0.25) is 4.90 Å². The average molecular weight is 445 g/mol. The van der Waals surface area contributed by atoms with Gasteiger partial charge in [0.05, 0.1) is 13.2 Å². The Morgan fingerprint density at radius 3 is 2.30 bits per heavy atom. The SMILES string of the molecule is CCN(CC)CCN[C@@H]1CCN(Cc2ccc(OC)cc2)C[C@H]1O.Cl.Cl.Cl. The molecule has 1 aliphatic rings. The number of β-amino-alcohol motifs (C(OH)–C–C–N with tert-alkyl or cyclic N) is 1. The molecule has 1 saturated heterocycles. The van der Waals surface area contributed by atoms with Crippen LogP contribution < -0.4 is 10.1 Å². The van der Waals surface area contributed by atoms with Crippen LogP contribution in [0.15, 0.2) is 24.3 Å². The highest BCUT2D eigenvalue weighted by Crippen LogP contribution is 2.17. The largest absolute Gasteiger partial charge is 0.497 e. The van der Waals surface area contributed by atoms with Gasteiger partial charge >= 0.3 is 0 Å². The lowest BCUT2D eigenvalue weighted by Crippen LogP contribution is -2.53. The smallest absolute Gasteiger partial charge is 0.118 e. The molecule has 0 aromatic heterocycles. The van der Waals surface area contributed by atoms with Crippen molar-refractivity contribution in [2.45, 2.75) is 39.0 Å². The Labute approximate surface area is 183 Å². The van der Waals surface area contributed by atoms with Gasteiger partial charge in [0.15, 0.2) is 0 Å². The van der Waals surface area contributed by atoms with E-state index in [-0.39, 0.29) is 49.4 Å². The quantitative estimate of drug-likeness (QED) is 0.613. The first-order chi connectivity index (χ1) is 11.7. The van der Waals surface area contributed by atoms with Gasteiger partial charge in [-0.15, -0.1) is 37.2 Å². The molecule has 0 radical (unpaired) electrons. The summed E-state index contributed by atoms with van der Waals surface area (Å²) in [5.41, 5.74) is 1.26. The number of ether oxygens (including phenoxy) is 1. The monoisotopic (exact) mass is 443 g/mol. The molecule has 0 amide bonds. The fraction of sp³-hybridized carbons (Fsp3) is 0.684. The van der Waals surface area contributed by atoms with E-state index in [1.165, 1.54) is 5.56 Å². The van der Waals surface area contributed by atoms with Crippen molar-refractivity contribution in [3.8, 4) is 5.75 Å². The zero-order valence-corrected chi connectivity index (χ0v) is 19.0. The minimum atomic E-state index is -0.297. The van der Waals surface area contributed by atoms with Crippen molar-refractivity contribution >= 4 is 37.2 Å². The second-order valence-electron chi connectivity index (χ2n) is 6.53. The van der Waals surface area contributed by atoms with Crippen molar-refractivity contribution in [2.24, 2.45) is 0 Å². The van der Waals surface area contributed by atoms with E-state index in [1.54, 1.807) is 7.11 Å². The molecular formula is C19H36Cl3N3O2. The molecule has 0 saturated carbocycles. The Kier molecular flexibility index (Phi) is 16.7. The summed E-state index contributed by atoms with van der Waals surface area (Å²) < 4.78 is 5.20. The van der Waals surface area contributed by atoms with E-state index < -0.39 is 0 Å². The maximum Gasteiger partial charge on any atom is 0.118 e. The third-order valence-electron chi connectivity index (χ3n) is 4.96. The Hall–Kier alpha value is -0.270. The van der Waals surface area contributed by atoms with Crippen molar-refractivity contribution in [2.75, 3.05) is 46.4 Å². The minimum Gasteiger partial charge on any atom is -0.497 e. The van der Waals surface area contributed by atoms with Crippen LogP contribution in [0.2, 0.25) is 0 Å². The molecule has 0 bridgehead atoms. The predicted molar refractivity (Wildman–Crippen MR) is 120 cm³/mol. The van der Waals surface area contributed by atoms with Crippen LogP contribution in [0.5, 0.6) is 5.75 Å². The lowest BCUT2D eigenvalue weighted by atomic mass is 10.0. The van der Waals surface area contributed by atoms with Gasteiger partial charge in [-0.25, -0.2) is 0 Å². The molecule has 160 valence electrons. The number of benzene rings is 1. The average Bonchev–Trinajstić information content (AvgIpc) is 2.61. The number of aliphatic hydroxyl groups is 1. The van der Waals surface area contributed by atoms with Crippen molar-refractivity contribution in [1.29, 1.82) is 0 Å². The summed E-state index contributed by atoms with van der Waals surface area (Å²) in [7, 11) is 1.68. The molecule has 2 atom stereocenters. The third kappa shape index (κ3) is 9.66. The normalized spacial score (nSPS) is 19.6. The molecule has 1 aromatic carbocycles. The summed E-state index contributed by atoms with van der Waals surface area (Å²) in [5, 5.41) is 14.0. The Morgan fingerprint density at radius 2 is 1.78 bits per heavy atom. The van der Waals surface area contributed by atoms with Crippen LogP contribution in [0.25, 0.3) is 0 Å². The van der Waals surface area contributed by atoms with E-state index in [0.29, 0.717) is 0 Å². The molecule has 0 unspecified atom stereocenters. The van der Waals surface area contributed by atoms with Gasteiger partial charge in [-0.05, 0) is 37.2 Å². The molecule has 5 nitrogen and oxygen atoms in total. The summed E-state index contributed by atoms with van der Waals surface area (Å²) >= 11 is 0. The highest BCUT2D eigenvalue weighted by atomic mass is 35.5. The van der Waals surface area contributed by atoms with Crippen molar-refractivity contribution in [3.63, 3.8) is 0 Å². The van der Waals surface area contributed by atoms with Crippen LogP contribution in [-0.2, 0) is 6.54 Å². The van der Waals surface area contributed by atoms with E-state index in [2.05, 4.69) is 41.1 Å². The number of methoxy groups -OCH3 is 1. The third-order valence-corrected chi connectivity index (χ3v) is 4.96.